The van der Waals surface area contributed by atoms with E-state index in [9.17, 15) is 4.79 Å². The van der Waals surface area contributed by atoms with Crippen LogP contribution in [0.15, 0.2) is 0 Å². The molecular weight excluding hydrogens is 180 g/mol. The second-order valence-corrected chi connectivity index (χ2v) is 2.70. The topological polar surface area (TPSA) is 50.4 Å². The largest absolute Gasteiger partial charge is 0.383 e. The Morgan fingerprint density at radius 3 is 2.86 bits per heavy atom. The SMILES string of the molecule is CC#CCCNCC(=O)NCCOC. The maximum absolute atomic E-state index is 11.1. The highest BCUT2D eigenvalue weighted by Gasteiger charge is 1.97. The van der Waals surface area contributed by atoms with Crippen molar-refractivity contribution in [1.29, 1.82) is 0 Å². The average Bonchev–Trinajstić information content (AvgIpc) is 2.18. The van der Waals surface area contributed by atoms with E-state index in [-0.39, 0.29) is 5.91 Å². The van der Waals surface area contributed by atoms with Gasteiger partial charge in [0, 0.05) is 26.6 Å². The Kier molecular flexibility index (Phi) is 9.28. The van der Waals surface area contributed by atoms with Gasteiger partial charge in [0.1, 0.15) is 0 Å². The minimum absolute atomic E-state index is 0.00786. The maximum atomic E-state index is 11.1. The molecule has 0 rings (SSSR count). The van der Waals surface area contributed by atoms with Crippen LogP contribution in [0.2, 0.25) is 0 Å². The molecular formula is C10H18N2O2. The molecule has 0 aromatic heterocycles. The van der Waals surface area contributed by atoms with Crippen molar-refractivity contribution >= 4 is 5.91 Å². The Morgan fingerprint density at radius 2 is 2.21 bits per heavy atom. The number of carbonyl (C=O) groups is 1. The van der Waals surface area contributed by atoms with Crippen molar-refractivity contribution in [2.45, 2.75) is 13.3 Å². The summed E-state index contributed by atoms with van der Waals surface area (Å²) in [4.78, 5) is 11.1. The second-order valence-electron chi connectivity index (χ2n) is 2.70. The highest BCUT2D eigenvalue weighted by molar-refractivity contribution is 5.77. The summed E-state index contributed by atoms with van der Waals surface area (Å²) in [6.07, 6.45) is 0.780. The summed E-state index contributed by atoms with van der Waals surface area (Å²) in [6.45, 7) is 4.00. The average molecular weight is 198 g/mol. The molecule has 0 bridgehead atoms. The number of rotatable bonds is 7. The molecule has 0 aliphatic rings. The van der Waals surface area contributed by atoms with Gasteiger partial charge in [-0.05, 0) is 6.92 Å². The van der Waals surface area contributed by atoms with Crippen molar-refractivity contribution in [3.63, 3.8) is 0 Å². The molecule has 80 valence electrons. The summed E-state index contributed by atoms with van der Waals surface area (Å²) >= 11 is 0. The van der Waals surface area contributed by atoms with Crippen molar-refractivity contribution < 1.29 is 9.53 Å². The van der Waals surface area contributed by atoms with Gasteiger partial charge in [0.15, 0.2) is 0 Å². The van der Waals surface area contributed by atoms with E-state index in [4.69, 9.17) is 4.74 Å². The number of ether oxygens (including phenoxy) is 1. The predicted molar refractivity (Wildman–Crippen MR) is 55.8 cm³/mol. The van der Waals surface area contributed by atoms with Gasteiger partial charge in [-0.1, -0.05) is 0 Å². The fourth-order valence-electron chi connectivity index (χ4n) is 0.833. The van der Waals surface area contributed by atoms with Crippen molar-refractivity contribution in [3.8, 4) is 11.8 Å². The fraction of sp³-hybridized carbons (Fsp3) is 0.700. The first-order valence-corrected chi connectivity index (χ1v) is 4.67. The molecule has 14 heavy (non-hydrogen) atoms. The second kappa shape index (κ2) is 10.0. The zero-order chi connectivity index (χ0) is 10.6. The Morgan fingerprint density at radius 1 is 1.43 bits per heavy atom. The Labute approximate surface area is 85.4 Å². The molecule has 0 radical (unpaired) electrons. The highest BCUT2D eigenvalue weighted by atomic mass is 16.5. The first kappa shape index (κ1) is 12.9. The van der Waals surface area contributed by atoms with Crippen molar-refractivity contribution in [1.82, 2.24) is 10.6 Å². The van der Waals surface area contributed by atoms with Gasteiger partial charge < -0.3 is 15.4 Å². The third kappa shape index (κ3) is 9.04. The van der Waals surface area contributed by atoms with Crippen LogP contribution in [0, 0.1) is 11.8 Å². The molecule has 4 nitrogen and oxygen atoms in total. The number of hydrogen-bond acceptors (Lipinski definition) is 3. The van der Waals surface area contributed by atoms with Crippen LogP contribution >= 0.6 is 0 Å². The number of amides is 1. The van der Waals surface area contributed by atoms with Gasteiger partial charge in [0.05, 0.1) is 13.2 Å². The zero-order valence-corrected chi connectivity index (χ0v) is 8.85. The number of methoxy groups -OCH3 is 1. The summed E-state index contributed by atoms with van der Waals surface area (Å²) in [5.74, 6) is 5.69. The number of hydrogen-bond donors (Lipinski definition) is 2. The van der Waals surface area contributed by atoms with E-state index in [0.29, 0.717) is 19.7 Å². The van der Waals surface area contributed by atoms with Crippen molar-refractivity contribution in [2.24, 2.45) is 0 Å². The number of nitrogens with one attached hydrogen (secondary N) is 2. The molecule has 0 heterocycles. The van der Waals surface area contributed by atoms with E-state index in [1.165, 1.54) is 0 Å². The minimum Gasteiger partial charge on any atom is -0.383 e. The van der Waals surface area contributed by atoms with E-state index in [0.717, 1.165) is 13.0 Å². The molecule has 0 saturated carbocycles. The van der Waals surface area contributed by atoms with E-state index in [2.05, 4.69) is 22.5 Å². The molecule has 0 aliphatic carbocycles. The summed E-state index contributed by atoms with van der Waals surface area (Å²) in [5, 5.41) is 5.70. The van der Waals surface area contributed by atoms with Gasteiger partial charge in [0.2, 0.25) is 5.91 Å². The van der Waals surface area contributed by atoms with E-state index in [1.807, 2.05) is 0 Å². The van der Waals surface area contributed by atoms with Gasteiger partial charge in [-0.2, -0.15) is 0 Å². The smallest absolute Gasteiger partial charge is 0.234 e. The van der Waals surface area contributed by atoms with E-state index in [1.54, 1.807) is 14.0 Å². The molecule has 2 N–H and O–H groups in total. The van der Waals surface area contributed by atoms with Crippen LogP contribution in [-0.4, -0.2) is 39.3 Å². The first-order valence-electron chi connectivity index (χ1n) is 4.67. The van der Waals surface area contributed by atoms with Gasteiger partial charge in [-0.15, -0.1) is 11.8 Å². The van der Waals surface area contributed by atoms with E-state index >= 15 is 0 Å². The standard InChI is InChI=1S/C10H18N2O2/c1-3-4-5-6-11-9-10(13)12-7-8-14-2/h11H,5-9H2,1-2H3,(H,12,13). The van der Waals surface area contributed by atoms with Gasteiger partial charge in [-0.25, -0.2) is 0 Å². The highest BCUT2D eigenvalue weighted by Crippen LogP contribution is 1.72. The molecule has 4 heteroatoms. The van der Waals surface area contributed by atoms with Crippen LogP contribution in [0.5, 0.6) is 0 Å². The summed E-state index contributed by atoms with van der Waals surface area (Å²) < 4.78 is 4.80. The molecule has 0 fully saturated rings. The van der Waals surface area contributed by atoms with Gasteiger partial charge >= 0.3 is 0 Å². The quantitative estimate of drug-likeness (QED) is 0.438. The van der Waals surface area contributed by atoms with E-state index < -0.39 is 0 Å². The Balaban J connectivity index is 3.21. The molecule has 0 saturated heterocycles. The Bertz CT molecular complexity index is 206. The lowest BCUT2D eigenvalue weighted by atomic mass is 10.4. The van der Waals surface area contributed by atoms with Crippen LogP contribution in [0.4, 0.5) is 0 Å². The third-order valence-electron chi connectivity index (χ3n) is 1.52. The van der Waals surface area contributed by atoms with Crippen LogP contribution < -0.4 is 10.6 Å². The molecule has 0 aromatic rings. The fourth-order valence-corrected chi connectivity index (χ4v) is 0.833. The molecule has 1 amide bonds. The predicted octanol–water partition coefficient (Wildman–Crippen LogP) is -0.248. The lowest BCUT2D eigenvalue weighted by Gasteiger charge is -2.04. The van der Waals surface area contributed by atoms with Crippen LogP contribution in [-0.2, 0) is 9.53 Å². The molecule has 0 spiro atoms. The molecule has 0 aromatic carbocycles. The molecule has 0 unspecified atom stereocenters. The van der Waals surface area contributed by atoms with Crippen molar-refractivity contribution in [2.75, 3.05) is 33.4 Å². The first-order chi connectivity index (χ1) is 6.81. The van der Waals surface area contributed by atoms with Gasteiger partial charge in [-0.3, -0.25) is 4.79 Å². The third-order valence-corrected chi connectivity index (χ3v) is 1.52. The normalized spacial score (nSPS) is 9.00. The minimum atomic E-state index is -0.00786. The Hall–Kier alpha value is -1.05. The lowest BCUT2D eigenvalue weighted by Crippen LogP contribution is -2.35. The van der Waals surface area contributed by atoms with Crippen LogP contribution in [0.25, 0.3) is 0 Å². The monoisotopic (exact) mass is 198 g/mol. The lowest BCUT2D eigenvalue weighted by molar-refractivity contribution is -0.120. The van der Waals surface area contributed by atoms with Crippen LogP contribution in [0.1, 0.15) is 13.3 Å². The number of carbonyl (C=O) groups excluding carboxylic acids is 1. The summed E-state index contributed by atoms with van der Waals surface area (Å²) in [7, 11) is 1.60. The van der Waals surface area contributed by atoms with Gasteiger partial charge in [0.25, 0.3) is 0 Å². The maximum Gasteiger partial charge on any atom is 0.234 e. The van der Waals surface area contributed by atoms with Crippen LogP contribution in [0.3, 0.4) is 0 Å². The molecule has 0 atom stereocenters. The zero-order valence-electron chi connectivity index (χ0n) is 8.85. The van der Waals surface area contributed by atoms with Crippen molar-refractivity contribution in [3.05, 3.63) is 0 Å². The molecule has 0 aliphatic heterocycles. The summed E-state index contributed by atoms with van der Waals surface area (Å²) in [6, 6.07) is 0. The summed E-state index contributed by atoms with van der Waals surface area (Å²) in [5.41, 5.74) is 0.